The van der Waals surface area contributed by atoms with Gasteiger partial charge in [0.15, 0.2) is 12.2 Å². The van der Waals surface area contributed by atoms with Crippen LogP contribution in [0.1, 0.15) is 413 Å². The number of carbonyl (C=O) groups is 4. The van der Waals surface area contributed by atoms with Crippen LogP contribution in [0.3, 0.4) is 0 Å². The number of ether oxygens (including phenoxy) is 4. The highest BCUT2D eigenvalue weighted by molar-refractivity contribution is 7.47. The zero-order valence-electron chi connectivity index (χ0n) is 63.2. The van der Waals surface area contributed by atoms with Gasteiger partial charge in [-0.1, -0.05) is 362 Å². The summed E-state index contributed by atoms with van der Waals surface area (Å²) in [5.41, 5.74) is 0. The molecule has 0 bridgehead atoms. The van der Waals surface area contributed by atoms with E-state index in [4.69, 9.17) is 37.0 Å². The summed E-state index contributed by atoms with van der Waals surface area (Å²) in [4.78, 5) is 72.7. The topological polar surface area (TPSA) is 237 Å². The summed E-state index contributed by atoms with van der Waals surface area (Å²) in [6.45, 7) is 7.25. The molecule has 576 valence electrons. The van der Waals surface area contributed by atoms with Crippen LogP contribution in [-0.2, 0) is 65.4 Å². The molecule has 0 aliphatic heterocycles. The number of rotatable bonds is 78. The number of aliphatic hydroxyl groups excluding tert-OH is 1. The van der Waals surface area contributed by atoms with Gasteiger partial charge < -0.3 is 33.8 Å². The molecule has 0 aromatic carbocycles. The Hall–Kier alpha value is -1.94. The van der Waals surface area contributed by atoms with E-state index in [-0.39, 0.29) is 25.7 Å². The third-order valence-electron chi connectivity index (χ3n) is 18.3. The molecule has 17 nitrogen and oxygen atoms in total. The Morgan fingerprint density at radius 3 is 0.701 bits per heavy atom. The van der Waals surface area contributed by atoms with Crippen LogP contribution in [0.4, 0.5) is 0 Å². The molecule has 0 aliphatic carbocycles. The molecule has 0 aliphatic rings. The molecular weight excluding hydrogens is 1270 g/mol. The molecule has 0 saturated heterocycles. The molecule has 0 aromatic rings. The van der Waals surface area contributed by atoms with Crippen LogP contribution >= 0.6 is 15.6 Å². The fraction of sp³-hybridized carbons (Fsp3) is 0.949. The molecule has 5 atom stereocenters. The Bertz CT molecular complexity index is 1860. The van der Waals surface area contributed by atoms with Gasteiger partial charge in [0.1, 0.15) is 19.3 Å². The van der Waals surface area contributed by atoms with E-state index in [2.05, 4.69) is 34.6 Å². The van der Waals surface area contributed by atoms with Crippen molar-refractivity contribution in [1.29, 1.82) is 0 Å². The number of hydrogen-bond donors (Lipinski definition) is 3. The number of phosphoric acid groups is 2. The van der Waals surface area contributed by atoms with Crippen molar-refractivity contribution in [2.45, 2.75) is 432 Å². The first-order chi connectivity index (χ1) is 47.0. The lowest BCUT2D eigenvalue weighted by molar-refractivity contribution is -0.161. The standard InChI is InChI=1S/C78H152O17P2/c1-6-9-12-15-18-20-22-24-26-28-29-30-32-34-36-38-43-48-53-58-63-77(82)95-74(68-89-76(81)62-57-52-47-42-37-35-33-31-27-25-23-21-19-16-13-10-7-2)70-93-97(86,87)91-66-72(79)65-90-96(84,85)92-69-73(67-88-75(80)61-56-51-45-17-14-11-8-3)94-78(83)64-59-54-49-44-40-39-41-46-50-55-60-71(4)5/h71-74,79H,6-70H2,1-5H3,(H,84,85)(H,86,87)/t72-,73+,74+/m0/s1. The Labute approximate surface area is 594 Å². The molecule has 19 heteroatoms. The largest absolute Gasteiger partial charge is 0.472 e. The lowest BCUT2D eigenvalue weighted by Crippen LogP contribution is -2.30. The molecular formula is C78H152O17P2. The lowest BCUT2D eigenvalue weighted by atomic mass is 10.0. The summed E-state index contributed by atoms with van der Waals surface area (Å²) in [5.74, 6) is -1.36. The first-order valence-corrected chi connectivity index (χ1v) is 43.6. The average Bonchev–Trinajstić information content (AvgIpc) is 1.63. The SMILES string of the molecule is CCCCCCCCCCCCCCCCCCCCCCC(=O)O[C@H](COC(=O)CCCCCCCCCCCCCCCCCCC)COP(=O)(O)OC[C@@H](O)COP(=O)(O)OC[C@@H](COC(=O)CCCCCCCCC)OC(=O)CCCCCCCCCCCCC(C)C. The maximum Gasteiger partial charge on any atom is 0.472 e. The highest BCUT2D eigenvalue weighted by Crippen LogP contribution is 2.45. The van der Waals surface area contributed by atoms with E-state index in [9.17, 15) is 43.2 Å². The minimum Gasteiger partial charge on any atom is -0.462 e. The van der Waals surface area contributed by atoms with Crippen LogP contribution in [0.15, 0.2) is 0 Å². The molecule has 3 N–H and O–H groups in total. The molecule has 0 rings (SSSR count). The summed E-state index contributed by atoms with van der Waals surface area (Å²) >= 11 is 0. The molecule has 0 spiro atoms. The molecule has 0 amide bonds. The number of esters is 4. The minimum atomic E-state index is -4.96. The molecule has 0 radical (unpaired) electrons. The maximum atomic E-state index is 13.1. The van der Waals surface area contributed by atoms with E-state index in [1.165, 1.54) is 225 Å². The fourth-order valence-electron chi connectivity index (χ4n) is 12.1. The van der Waals surface area contributed by atoms with E-state index >= 15 is 0 Å². The summed E-state index contributed by atoms with van der Waals surface area (Å²) in [6, 6.07) is 0. The minimum absolute atomic E-state index is 0.106. The molecule has 2 unspecified atom stereocenters. The number of unbranched alkanes of at least 4 members (excludes halogenated alkanes) is 50. The summed E-state index contributed by atoms with van der Waals surface area (Å²) in [7, 11) is -9.91. The van der Waals surface area contributed by atoms with Crippen LogP contribution in [-0.4, -0.2) is 96.7 Å². The Morgan fingerprint density at radius 1 is 0.278 bits per heavy atom. The van der Waals surface area contributed by atoms with E-state index in [0.717, 1.165) is 109 Å². The van der Waals surface area contributed by atoms with E-state index < -0.39 is 97.5 Å². The van der Waals surface area contributed by atoms with Crippen molar-refractivity contribution in [3.05, 3.63) is 0 Å². The highest BCUT2D eigenvalue weighted by atomic mass is 31.2. The van der Waals surface area contributed by atoms with Crippen molar-refractivity contribution < 1.29 is 80.2 Å². The number of phosphoric ester groups is 2. The van der Waals surface area contributed by atoms with Gasteiger partial charge in [-0.3, -0.25) is 37.3 Å². The van der Waals surface area contributed by atoms with Crippen LogP contribution in [0, 0.1) is 5.92 Å². The fourth-order valence-corrected chi connectivity index (χ4v) is 13.6. The highest BCUT2D eigenvalue weighted by Gasteiger charge is 2.30. The second-order valence-electron chi connectivity index (χ2n) is 28.6. The zero-order chi connectivity index (χ0) is 71.2. The Kier molecular flexibility index (Phi) is 69.6. The van der Waals surface area contributed by atoms with E-state index in [0.29, 0.717) is 25.7 Å². The van der Waals surface area contributed by atoms with Gasteiger partial charge in [-0.15, -0.1) is 0 Å². The van der Waals surface area contributed by atoms with Gasteiger partial charge in [0.2, 0.25) is 0 Å². The molecule has 0 aromatic heterocycles. The van der Waals surface area contributed by atoms with Crippen molar-refractivity contribution in [1.82, 2.24) is 0 Å². The van der Waals surface area contributed by atoms with Gasteiger partial charge in [0.25, 0.3) is 0 Å². The molecule has 97 heavy (non-hydrogen) atoms. The Morgan fingerprint density at radius 2 is 0.474 bits per heavy atom. The third kappa shape index (κ3) is 72.2. The van der Waals surface area contributed by atoms with Gasteiger partial charge in [-0.05, 0) is 31.6 Å². The quantitative estimate of drug-likeness (QED) is 0.0222. The predicted molar refractivity (Wildman–Crippen MR) is 395 cm³/mol. The number of hydrogen-bond acceptors (Lipinski definition) is 15. The maximum absolute atomic E-state index is 13.1. The zero-order valence-corrected chi connectivity index (χ0v) is 65.0. The second-order valence-corrected chi connectivity index (χ2v) is 31.5. The monoisotopic (exact) mass is 1420 g/mol. The van der Waals surface area contributed by atoms with Gasteiger partial charge in [0, 0.05) is 25.7 Å². The summed E-state index contributed by atoms with van der Waals surface area (Å²) < 4.78 is 68.5. The van der Waals surface area contributed by atoms with Gasteiger partial charge >= 0.3 is 39.5 Å². The predicted octanol–water partition coefficient (Wildman–Crippen LogP) is 23.3. The van der Waals surface area contributed by atoms with Gasteiger partial charge in [-0.2, -0.15) is 0 Å². The van der Waals surface area contributed by atoms with Crippen LogP contribution < -0.4 is 0 Å². The second kappa shape index (κ2) is 71.1. The average molecular weight is 1420 g/mol. The molecule has 0 heterocycles. The van der Waals surface area contributed by atoms with Crippen LogP contribution in [0.5, 0.6) is 0 Å². The van der Waals surface area contributed by atoms with Crippen molar-refractivity contribution >= 4 is 39.5 Å². The van der Waals surface area contributed by atoms with E-state index in [1.807, 2.05) is 0 Å². The molecule has 0 saturated carbocycles. The van der Waals surface area contributed by atoms with E-state index in [1.54, 1.807) is 0 Å². The normalized spacial score (nSPS) is 13.9. The smallest absolute Gasteiger partial charge is 0.462 e. The Balaban J connectivity index is 5.18. The summed E-state index contributed by atoms with van der Waals surface area (Å²) in [5, 5.41) is 10.6. The van der Waals surface area contributed by atoms with Crippen molar-refractivity contribution in [2.75, 3.05) is 39.6 Å². The van der Waals surface area contributed by atoms with Gasteiger partial charge in [0.05, 0.1) is 26.4 Å². The first kappa shape index (κ1) is 95.1. The first-order valence-electron chi connectivity index (χ1n) is 40.6. The molecule has 0 fully saturated rings. The van der Waals surface area contributed by atoms with Crippen molar-refractivity contribution in [3.8, 4) is 0 Å². The van der Waals surface area contributed by atoms with Crippen LogP contribution in [0.2, 0.25) is 0 Å². The van der Waals surface area contributed by atoms with Crippen molar-refractivity contribution in [2.24, 2.45) is 5.92 Å². The number of aliphatic hydroxyl groups is 1. The van der Waals surface area contributed by atoms with Crippen LogP contribution in [0.25, 0.3) is 0 Å². The number of carbonyl (C=O) groups excluding carboxylic acids is 4. The third-order valence-corrected chi connectivity index (χ3v) is 20.2. The summed E-state index contributed by atoms with van der Waals surface area (Å²) in [6.07, 6.45) is 61.3. The van der Waals surface area contributed by atoms with Crippen molar-refractivity contribution in [3.63, 3.8) is 0 Å². The lowest BCUT2D eigenvalue weighted by Gasteiger charge is -2.21. The van der Waals surface area contributed by atoms with Gasteiger partial charge in [-0.25, -0.2) is 9.13 Å².